The quantitative estimate of drug-likeness (QED) is 0.488. The molecule has 0 aliphatic carbocycles. The first kappa shape index (κ1) is 13.8. The third-order valence-electron chi connectivity index (χ3n) is 2.36. The third kappa shape index (κ3) is 3.36. The Hall–Kier alpha value is -1.23. The highest BCUT2D eigenvalue weighted by Gasteiger charge is 2.27. The Morgan fingerprint density at radius 2 is 2.06 bits per heavy atom. The fourth-order valence-electron chi connectivity index (χ4n) is 1.50. The molecule has 0 N–H and O–H groups in total. The van der Waals surface area contributed by atoms with Gasteiger partial charge < -0.3 is 4.74 Å². The Morgan fingerprint density at radius 3 is 2.53 bits per heavy atom. The van der Waals surface area contributed by atoms with Crippen molar-refractivity contribution in [1.29, 1.82) is 0 Å². The average molecular weight is 303 g/mol. The highest BCUT2D eigenvalue weighted by molar-refractivity contribution is 9.10. The Morgan fingerprint density at radius 1 is 1.41 bits per heavy atom. The smallest absolute Gasteiger partial charge is 0.316 e. The van der Waals surface area contributed by atoms with Crippen molar-refractivity contribution >= 4 is 27.7 Å². The summed E-state index contributed by atoms with van der Waals surface area (Å²) in [5.74, 6) is -2.44. The molecule has 0 aliphatic rings. The Kier molecular flexibility index (Phi) is 4.81. The Balaban J connectivity index is 3.05. The third-order valence-corrected chi connectivity index (χ3v) is 2.82. The van der Waals surface area contributed by atoms with Crippen LogP contribution in [0.2, 0.25) is 0 Å². The molecule has 1 aromatic rings. The van der Waals surface area contributed by atoms with Gasteiger partial charge in [-0.15, -0.1) is 0 Å². The van der Waals surface area contributed by atoms with Crippen LogP contribution in [-0.2, 0) is 9.53 Å². The summed E-state index contributed by atoms with van der Waals surface area (Å²) in [7, 11) is 1.22. The lowest BCUT2D eigenvalue weighted by molar-refractivity contribution is -0.143. The number of Topliss-reactive ketones (excluding diaryl/α,β-unsaturated/α-hetero) is 1. The van der Waals surface area contributed by atoms with E-state index in [0.29, 0.717) is 10.9 Å². The molecule has 0 saturated carbocycles. The van der Waals surface area contributed by atoms with Crippen molar-refractivity contribution in [3.63, 3.8) is 0 Å². The summed E-state index contributed by atoms with van der Waals surface area (Å²) in [5, 5.41) is 0. The van der Waals surface area contributed by atoms with Gasteiger partial charge in [0.05, 0.1) is 7.11 Å². The van der Waals surface area contributed by atoms with Gasteiger partial charge >= 0.3 is 5.97 Å². The summed E-state index contributed by atoms with van der Waals surface area (Å²) >= 11 is 3.10. The van der Waals surface area contributed by atoms with Gasteiger partial charge in [-0.05, 0) is 24.6 Å². The first-order valence-electron chi connectivity index (χ1n) is 5.07. The average Bonchev–Trinajstić information content (AvgIpc) is 2.28. The number of esters is 1. The van der Waals surface area contributed by atoms with Crippen molar-refractivity contribution in [1.82, 2.24) is 0 Å². The van der Waals surface area contributed by atoms with Crippen molar-refractivity contribution in [2.24, 2.45) is 5.92 Å². The number of rotatable bonds is 4. The van der Waals surface area contributed by atoms with E-state index in [1.54, 1.807) is 6.92 Å². The topological polar surface area (TPSA) is 43.4 Å². The van der Waals surface area contributed by atoms with E-state index in [-0.39, 0.29) is 5.56 Å². The summed E-state index contributed by atoms with van der Waals surface area (Å²) in [6, 6.07) is 3.84. The van der Waals surface area contributed by atoms with Crippen LogP contribution in [0.25, 0.3) is 0 Å². The molecule has 1 rings (SSSR count). The molecule has 0 fully saturated rings. The van der Waals surface area contributed by atoms with E-state index < -0.39 is 23.5 Å². The lowest BCUT2D eigenvalue weighted by Gasteiger charge is -2.11. The second-order valence-corrected chi connectivity index (χ2v) is 4.42. The molecule has 0 spiro atoms. The highest BCUT2D eigenvalue weighted by Crippen LogP contribution is 2.19. The number of hydrogen-bond donors (Lipinski definition) is 0. The van der Waals surface area contributed by atoms with Gasteiger partial charge in [0.2, 0.25) is 0 Å². The van der Waals surface area contributed by atoms with Crippen LogP contribution < -0.4 is 0 Å². The number of benzene rings is 1. The van der Waals surface area contributed by atoms with Crippen LogP contribution >= 0.6 is 15.9 Å². The molecule has 0 heterocycles. The van der Waals surface area contributed by atoms with E-state index in [2.05, 4.69) is 20.7 Å². The van der Waals surface area contributed by atoms with Crippen LogP contribution in [0, 0.1) is 11.7 Å². The van der Waals surface area contributed by atoms with Crippen LogP contribution in [0.4, 0.5) is 4.39 Å². The summed E-state index contributed by atoms with van der Waals surface area (Å²) < 4.78 is 18.1. The molecule has 1 atom stereocenters. The molecule has 1 unspecified atom stereocenters. The van der Waals surface area contributed by atoms with Crippen LogP contribution in [0.1, 0.15) is 23.7 Å². The van der Waals surface area contributed by atoms with Crippen molar-refractivity contribution < 1.29 is 18.7 Å². The Bertz CT molecular complexity index is 425. The fraction of sp³-hybridized carbons (Fsp3) is 0.333. The summed E-state index contributed by atoms with van der Waals surface area (Å²) in [4.78, 5) is 23.4. The molecular weight excluding hydrogens is 291 g/mol. The van der Waals surface area contributed by atoms with E-state index in [1.807, 2.05) is 0 Å². The maximum absolute atomic E-state index is 13.1. The predicted molar refractivity (Wildman–Crippen MR) is 64.2 cm³/mol. The normalized spacial score (nSPS) is 12.0. The number of carbonyl (C=O) groups is 2. The fourth-order valence-corrected chi connectivity index (χ4v) is 1.96. The van der Waals surface area contributed by atoms with Gasteiger partial charge in [0.1, 0.15) is 11.7 Å². The molecule has 0 aliphatic heterocycles. The molecule has 0 amide bonds. The van der Waals surface area contributed by atoms with E-state index in [1.165, 1.54) is 19.2 Å². The molecule has 5 heteroatoms. The zero-order valence-electron chi connectivity index (χ0n) is 9.50. The van der Waals surface area contributed by atoms with Crippen LogP contribution in [-0.4, -0.2) is 18.9 Å². The molecule has 0 bridgehead atoms. The Labute approximate surface area is 107 Å². The van der Waals surface area contributed by atoms with Crippen molar-refractivity contribution in [2.75, 3.05) is 7.11 Å². The van der Waals surface area contributed by atoms with E-state index in [4.69, 9.17) is 0 Å². The largest absolute Gasteiger partial charge is 0.468 e. The number of hydrogen-bond acceptors (Lipinski definition) is 3. The zero-order chi connectivity index (χ0) is 13.0. The van der Waals surface area contributed by atoms with Gasteiger partial charge in [0, 0.05) is 10.0 Å². The van der Waals surface area contributed by atoms with Gasteiger partial charge in [0.25, 0.3) is 0 Å². The minimum atomic E-state index is -0.881. The van der Waals surface area contributed by atoms with Crippen LogP contribution in [0.5, 0.6) is 0 Å². The summed E-state index contributed by atoms with van der Waals surface area (Å²) in [6.07, 6.45) is 0.319. The van der Waals surface area contributed by atoms with E-state index in [0.717, 1.165) is 6.07 Å². The molecular formula is C12H12BrFO3. The minimum absolute atomic E-state index is 0.161. The van der Waals surface area contributed by atoms with E-state index >= 15 is 0 Å². The van der Waals surface area contributed by atoms with Gasteiger partial charge in [-0.3, -0.25) is 9.59 Å². The lowest BCUT2D eigenvalue weighted by Crippen LogP contribution is -2.24. The molecule has 3 nitrogen and oxygen atoms in total. The monoisotopic (exact) mass is 302 g/mol. The predicted octanol–water partition coefficient (Wildman–Crippen LogP) is 2.97. The van der Waals surface area contributed by atoms with Gasteiger partial charge in [-0.25, -0.2) is 4.39 Å². The van der Waals surface area contributed by atoms with Crippen molar-refractivity contribution in [2.45, 2.75) is 13.3 Å². The molecule has 1 aromatic carbocycles. The highest BCUT2D eigenvalue weighted by atomic mass is 79.9. The lowest BCUT2D eigenvalue weighted by atomic mass is 9.95. The maximum Gasteiger partial charge on any atom is 0.316 e. The number of halogens is 2. The second kappa shape index (κ2) is 5.91. The maximum atomic E-state index is 13.1. The van der Waals surface area contributed by atoms with Crippen molar-refractivity contribution in [3.8, 4) is 0 Å². The summed E-state index contributed by atoms with van der Waals surface area (Å²) in [5.41, 5.74) is 0.161. The minimum Gasteiger partial charge on any atom is -0.468 e. The first-order valence-corrected chi connectivity index (χ1v) is 5.87. The molecule has 17 heavy (non-hydrogen) atoms. The summed E-state index contributed by atoms with van der Waals surface area (Å²) in [6.45, 7) is 1.70. The molecule has 92 valence electrons. The van der Waals surface area contributed by atoms with Gasteiger partial charge in [-0.2, -0.15) is 0 Å². The molecule has 0 radical (unpaired) electrons. The van der Waals surface area contributed by atoms with Crippen LogP contribution in [0.15, 0.2) is 22.7 Å². The molecule has 0 aromatic heterocycles. The SMILES string of the molecule is CCC(C(=O)OC)C(=O)c1cc(F)cc(Br)c1. The van der Waals surface area contributed by atoms with E-state index in [9.17, 15) is 14.0 Å². The number of ketones is 1. The van der Waals surface area contributed by atoms with Crippen molar-refractivity contribution in [3.05, 3.63) is 34.1 Å². The number of ether oxygens (including phenoxy) is 1. The standard InChI is InChI=1S/C12H12BrFO3/c1-3-10(12(16)17-2)11(15)7-4-8(13)6-9(14)5-7/h4-6,10H,3H2,1-2H3. The first-order chi connectivity index (χ1) is 7.99. The zero-order valence-corrected chi connectivity index (χ0v) is 11.1. The number of carbonyl (C=O) groups excluding carboxylic acids is 2. The number of methoxy groups -OCH3 is 1. The van der Waals surface area contributed by atoms with Gasteiger partial charge in [-0.1, -0.05) is 22.9 Å². The van der Waals surface area contributed by atoms with Gasteiger partial charge in [0.15, 0.2) is 5.78 Å². The molecule has 0 saturated heterocycles. The van der Waals surface area contributed by atoms with Crippen LogP contribution in [0.3, 0.4) is 0 Å². The second-order valence-electron chi connectivity index (χ2n) is 3.51.